The van der Waals surface area contributed by atoms with E-state index in [1.54, 1.807) is 15.9 Å². The van der Waals surface area contributed by atoms with Crippen molar-refractivity contribution < 1.29 is 29.0 Å². The van der Waals surface area contributed by atoms with Gasteiger partial charge in [0.15, 0.2) is 0 Å². The van der Waals surface area contributed by atoms with Crippen LogP contribution in [0.3, 0.4) is 0 Å². The number of ether oxygens (including phenoxy) is 2. The Labute approximate surface area is 190 Å². The van der Waals surface area contributed by atoms with E-state index in [9.17, 15) is 19.5 Å². The molecule has 2 bridgehead atoms. The molecule has 1 N–H and O–H groups in total. The Morgan fingerprint density at radius 1 is 1.31 bits per heavy atom. The summed E-state index contributed by atoms with van der Waals surface area (Å²) < 4.78 is 11.9. The molecule has 3 fully saturated rings. The van der Waals surface area contributed by atoms with E-state index < -0.39 is 35.0 Å². The second-order valence-corrected chi connectivity index (χ2v) is 9.48. The highest BCUT2D eigenvalue weighted by atomic mass is 16.6. The first-order valence-electron chi connectivity index (χ1n) is 11.5. The number of esters is 1. The molecule has 3 aliphatic heterocycles. The number of carbonyl (C=O) groups excluding carboxylic acids is 3. The number of fused-ring (bicyclic) bond motifs is 1. The summed E-state index contributed by atoms with van der Waals surface area (Å²) in [6.45, 7) is 13.8. The Hall–Kier alpha value is -2.19. The molecule has 8 heteroatoms. The van der Waals surface area contributed by atoms with Crippen molar-refractivity contribution in [2.24, 2.45) is 11.8 Å². The number of hydrogen-bond acceptors (Lipinski definition) is 6. The van der Waals surface area contributed by atoms with Gasteiger partial charge < -0.3 is 24.4 Å². The summed E-state index contributed by atoms with van der Waals surface area (Å²) in [6, 6.07) is -0.909. The number of likely N-dealkylation sites (tertiary alicyclic amines) is 1. The maximum atomic E-state index is 13.9. The normalized spacial score (nSPS) is 32.8. The van der Waals surface area contributed by atoms with Crippen LogP contribution in [0.25, 0.3) is 0 Å². The van der Waals surface area contributed by atoms with Gasteiger partial charge in [0.05, 0.1) is 11.5 Å². The molecule has 0 aliphatic carbocycles. The monoisotopic (exact) mass is 448 g/mol. The number of amides is 2. The first-order valence-corrected chi connectivity index (χ1v) is 11.5. The molecule has 3 heterocycles. The highest BCUT2D eigenvalue weighted by Gasteiger charge is 2.78. The van der Waals surface area contributed by atoms with Crippen LogP contribution >= 0.6 is 0 Å². The SMILES string of the molecule is C=CCOC(=O)[C@@H]1[C@H]2C(=O)N(CCCCO)C(C(=O)N(CC=C)C(C)C)C23CC[C@@]1(C)O3. The Morgan fingerprint density at radius 2 is 2.03 bits per heavy atom. The van der Waals surface area contributed by atoms with Crippen LogP contribution in [0.2, 0.25) is 0 Å². The number of unbranched alkanes of at least 4 members (excludes halogenated alkanes) is 1. The summed E-state index contributed by atoms with van der Waals surface area (Å²) in [5.74, 6) is -2.45. The molecule has 0 saturated carbocycles. The topological polar surface area (TPSA) is 96.4 Å². The molecule has 8 nitrogen and oxygen atoms in total. The van der Waals surface area contributed by atoms with Gasteiger partial charge in [-0.25, -0.2) is 0 Å². The van der Waals surface area contributed by atoms with E-state index in [0.29, 0.717) is 38.8 Å². The smallest absolute Gasteiger partial charge is 0.313 e. The van der Waals surface area contributed by atoms with Crippen molar-refractivity contribution in [1.29, 1.82) is 0 Å². The minimum Gasteiger partial charge on any atom is -0.461 e. The number of nitrogens with zero attached hydrogens (tertiary/aromatic N) is 2. The molecule has 0 aromatic carbocycles. The van der Waals surface area contributed by atoms with Gasteiger partial charge in [-0.05, 0) is 46.5 Å². The second kappa shape index (κ2) is 9.35. The molecule has 0 aromatic rings. The lowest BCUT2D eigenvalue weighted by molar-refractivity contribution is -0.159. The van der Waals surface area contributed by atoms with E-state index in [1.807, 2.05) is 20.8 Å². The summed E-state index contributed by atoms with van der Waals surface area (Å²) in [7, 11) is 0. The maximum absolute atomic E-state index is 13.9. The predicted molar refractivity (Wildman–Crippen MR) is 118 cm³/mol. The minimum absolute atomic E-state index is 0.00880. The van der Waals surface area contributed by atoms with Crippen molar-refractivity contribution in [1.82, 2.24) is 9.80 Å². The molecular formula is C24H36N2O6. The average molecular weight is 449 g/mol. The van der Waals surface area contributed by atoms with Crippen molar-refractivity contribution >= 4 is 17.8 Å². The lowest BCUT2D eigenvalue weighted by Crippen LogP contribution is -2.57. The number of carbonyl (C=O) groups is 3. The van der Waals surface area contributed by atoms with Gasteiger partial charge in [-0.2, -0.15) is 0 Å². The van der Waals surface area contributed by atoms with Gasteiger partial charge in [0.2, 0.25) is 11.8 Å². The van der Waals surface area contributed by atoms with Crippen LogP contribution in [0, 0.1) is 11.8 Å². The van der Waals surface area contributed by atoms with Gasteiger partial charge in [-0.15, -0.1) is 6.58 Å². The van der Waals surface area contributed by atoms with E-state index in [4.69, 9.17) is 9.47 Å². The van der Waals surface area contributed by atoms with Crippen molar-refractivity contribution in [2.45, 2.75) is 69.7 Å². The summed E-state index contributed by atoms with van der Waals surface area (Å²) >= 11 is 0. The van der Waals surface area contributed by atoms with Gasteiger partial charge in [-0.3, -0.25) is 14.4 Å². The first-order chi connectivity index (χ1) is 15.2. The summed E-state index contributed by atoms with van der Waals surface area (Å²) in [5, 5.41) is 9.22. The molecule has 0 aromatic heterocycles. The van der Waals surface area contributed by atoms with Gasteiger partial charge >= 0.3 is 5.97 Å². The lowest BCUT2D eigenvalue weighted by Gasteiger charge is -2.38. The van der Waals surface area contributed by atoms with Crippen LogP contribution in [0.4, 0.5) is 0 Å². The third-order valence-corrected chi connectivity index (χ3v) is 7.15. The standard InChI is InChI=1S/C24H36N2O6/c1-6-12-25(16(3)4)21(29)19-24-11-10-23(5,32-24)18(22(30)31-15-7-2)17(24)20(28)26(19)13-8-9-14-27/h6-7,16-19,27H,1-2,8-15H2,3-5H3/t17-,18-,19?,23+,24?/m0/s1. The maximum Gasteiger partial charge on any atom is 0.313 e. The van der Waals surface area contributed by atoms with Crippen LogP contribution in [0.15, 0.2) is 25.3 Å². The first kappa shape index (κ1) is 24.5. The fraction of sp³-hybridized carbons (Fsp3) is 0.708. The zero-order chi connectivity index (χ0) is 23.7. The third-order valence-electron chi connectivity index (χ3n) is 7.15. The minimum atomic E-state index is -1.06. The van der Waals surface area contributed by atoms with Crippen LogP contribution in [0.1, 0.15) is 46.5 Å². The molecule has 2 unspecified atom stereocenters. The molecule has 32 heavy (non-hydrogen) atoms. The van der Waals surface area contributed by atoms with E-state index in [-0.39, 0.29) is 31.1 Å². The van der Waals surface area contributed by atoms with E-state index in [0.717, 1.165) is 0 Å². The Balaban J connectivity index is 2.03. The number of aliphatic hydroxyl groups is 1. The van der Waals surface area contributed by atoms with Crippen LogP contribution in [0.5, 0.6) is 0 Å². The number of rotatable bonds is 11. The zero-order valence-electron chi connectivity index (χ0n) is 19.4. The third kappa shape index (κ3) is 3.77. The summed E-state index contributed by atoms with van der Waals surface area (Å²) in [6.07, 6.45) is 5.33. The quantitative estimate of drug-likeness (QED) is 0.293. The van der Waals surface area contributed by atoms with Crippen molar-refractivity contribution in [3.63, 3.8) is 0 Å². The fourth-order valence-corrected chi connectivity index (χ4v) is 5.78. The second-order valence-electron chi connectivity index (χ2n) is 9.48. The summed E-state index contributed by atoms with van der Waals surface area (Å²) in [5.41, 5.74) is -1.91. The number of aliphatic hydroxyl groups excluding tert-OH is 1. The summed E-state index contributed by atoms with van der Waals surface area (Å²) in [4.78, 5) is 43.9. The molecule has 5 atom stereocenters. The highest BCUT2D eigenvalue weighted by Crippen LogP contribution is 2.63. The molecule has 178 valence electrons. The number of hydrogen-bond donors (Lipinski definition) is 1. The van der Waals surface area contributed by atoms with Crippen molar-refractivity contribution in [2.75, 3.05) is 26.3 Å². The van der Waals surface area contributed by atoms with E-state index >= 15 is 0 Å². The van der Waals surface area contributed by atoms with Gasteiger partial charge in [-0.1, -0.05) is 18.7 Å². The largest absolute Gasteiger partial charge is 0.461 e. The van der Waals surface area contributed by atoms with Crippen LogP contribution in [-0.4, -0.2) is 82.3 Å². The van der Waals surface area contributed by atoms with E-state index in [1.165, 1.54) is 6.08 Å². The Kier molecular flexibility index (Phi) is 7.15. The highest BCUT2D eigenvalue weighted by molar-refractivity contribution is 5.98. The molecule has 2 amide bonds. The predicted octanol–water partition coefficient (Wildman–Crippen LogP) is 1.68. The van der Waals surface area contributed by atoms with Crippen molar-refractivity contribution in [3.05, 3.63) is 25.3 Å². The zero-order valence-corrected chi connectivity index (χ0v) is 19.4. The molecular weight excluding hydrogens is 412 g/mol. The molecule has 1 spiro atoms. The molecule has 3 aliphatic rings. The van der Waals surface area contributed by atoms with Crippen LogP contribution in [-0.2, 0) is 23.9 Å². The van der Waals surface area contributed by atoms with Gasteiger partial charge in [0, 0.05) is 25.7 Å². The van der Waals surface area contributed by atoms with E-state index in [2.05, 4.69) is 13.2 Å². The van der Waals surface area contributed by atoms with Gasteiger partial charge in [0.1, 0.15) is 24.2 Å². The van der Waals surface area contributed by atoms with Gasteiger partial charge in [0.25, 0.3) is 0 Å². The molecule has 3 saturated heterocycles. The Morgan fingerprint density at radius 3 is 2.62 bits per heavy atom. The van der Waals surface area contributed by atoms with Crippen molar-refractivity contribution in [3.8, 4) is 0 Å². The fourth-order valence-electron chi connectivity index (χ4n) is 5.78. The molecule has 3 rings (SSSR count). The average Bonchev–Trinajstić information content (AvgIpc) is 3.31. The lowest BCUT2D eigenvalue weighted by atomic mass is 9.66. The van der Waals surface area contributed by atoms with Crippen LogP contribution < -0.4 is 0 Å². The Bertz CT molecular complexity index is 782. The molecule has 0 radical (unpaired) electrons.